The van der Waals surface area contributed by atoms with Crippen LogP contribution in [0.4, 0.5) is 0 Å². The highest BCUT2D eigenvalue weighted by Crippen LogP contribution is 2.25. The van der Waals surface area contributed by atoms with E-state index in [4.69, 9.17) is 14.7 Å². The van der Waals surface area contributed by atoms with Crippen molar-refractivity contribution < 1.29 is 17.9 Å². The van der Waals surface area contributed by atoms with Gasteiger partial charge in [0.25, 0.3) is 5.89 Å². The number of aryl methyl sites for hydroxylation is 1. The first-order valence-corrected chi connectivity index (χ1v) is 7.17. The normalized spacial score (nSPS) is 10.9. The third kappa shape index (κ3) is 3.05. The molecular weight excluding hydrogens is 280 g/mol. The smallest absolute Gasteiger partial charge is 0.274 e. The van der Waals surface area contributed by atoms with Crippen LogP contribution in [0.3, 0.4) is 0 Å². The molecule has 0 atom stereocenters. The number of aliphatic hydroxyl groups excluding tert-OH is 1. The lowest BCUT2D eigenvalue weighted by Crippen LogP contribution is -2.11. The summed E-state index contributed by atoms with van der Waals surface area (Å²) in [6.07, 6.45) is 0. The van der Waals surface area contributed by atoms with E-state index in [9.17, 15) is 8.42 Å². The molecule has 0 aliphatic heterocycles. The molecule has 3 N–H and O–H groups in total. The van der Waals surface area contributed by atoms with Crippen molar-refractivity contribution in [3.63, 3.8) is 0 Å². The van der Waals surface area contributed by atoms with Gasteiger partial charge in [-0.2, -0.15) is 0 Å². The minimum Gasteiger partial charge on any atom is -0.430 e. The molecule has 20 heavy (non-hydrogen) atoms. The van der Waals surface area contributed by atoms with Crippen LogP contribution in [0.15, 0.2) is 33.6 Å². The van der Waals surface area contributed by atoms with Gasteiger partial charge in [0, 0.05) is 5.56 Å². The predicted octanol–water partition coefficient (Wildman–Crippen LogP) is 0.641. The fourth-order valence-electron chi connectivity index (χ4n) is 1.63. The number of benzene rings is 1. The van der Waals surface area contributed by atoms with E-state index in [1.807, 2.05) is 0 Å². The summed E-state index contributed by atoms with van der Waals surface area (Å²) in [7, 11) is -3.72. The average Bonchev–Trinajstić information content (AvgIpc) is 2.77. The minimum atomic E-state index is -3.72. The van der Waals surface area contributed by atoms with Crippen LogP contribution < -0.4 is 5.14 Å². The fourth-order valence-corrected chi connectivity index (χ4v) is 2.14. The van der Waals surface area contributed by atoms with Gasteiger partial charge in [-0.15, -0.1) is 0 Å². The Morgan fingerprint density at radius 3 is 2.55 bits per heavy atom. The van der Waals surface area contributed by atoms with E-state index >= 15 is 0 Å². The van der Waals surface area contributed by atoms with E-state index in [0.717, 1.165) is 0 Å². The molecule has 0 fully saturated rings. The van der Waals surface area contributed by atoms with Crippen LogP contribution in [-0.2, 0) is 10.0 Å². The Balaban J connectivity index is 2.39. The number of rotatable bonds is 2. The highest BCUT2D eigenvalue weighted by atomic mass is 32.2. The Bertz CT molecular complexity index is 780. The molecule has 104 valence electrons. The molecule has 1 heterocycles. The molecule has 2 aromatic rings. The summed E-state index contributed by atoms with van der Waals surface area (Å²) in [5.74, 6) is 5.70. The first kappa shape index (κ1) is 14.3. The van der Waals surface area contributed by atoms with Crippen molar-refractivity contribution in [2.24, 2.45) is 5.14 Å². The van der Waals surface area contributed by atoms with E-state index in [1.54, 1.807) is 19.1 Å². The van der Waals surface area contributed by atoms with Crippen molar-refractivity contribution in [1.29, 1.82) is 0 Å². The van der Waals surface area contributed by atoms with Gasteiger partial charge in [0.1, 0.15) is 6.61 Å². The van der Waals surface area contributed by atoms with Crippen LogP contribution in [0.1, 0.15) is 11.6 Å². The monoisotopic (exact) mass is 292 g/mol. The molecule has 0 saturated carbocycles. The summed E-state index contributed by atoms with van der Waals surface area (Å²) in [5, 5.41) is 13.6. The highest BCUT2D eigenvalue weighted by Gasteiger charge is 2.12. The second kappa shape index (κ2) is 5.46. The van der Waals surface area contributed by atoms with Gasteiger partial charge < -0.3 is 9.52 Å². The summed E-state index contributed by atoms with van der Waals surface area (Å²) in [6, 6.07) is 5.95. The van der Waals surface area contributed by atoms with Crippen LogP contribution in [-0.4, -0.2) is 25.1 Å². The molecule has 0 unspecified atom stereocenters. The first-order valence-electron chi connectivity index (χ1n) is 5.62. The number of hydrogen-bond acceptors (Lipinski definition) is 5. The van der Waals surface area contributed by atoms with Gasteiger partial charge in [-0.1, -0.05) is 5.92 Å². The molecular formula is C13H12N2O4S. The number of nitrogens with two attached hydrogens (primary N) is 1. The van der Waals surface area contributed by atoms with Gasteiger partial charge in [-0.3, -0.25) is 0 Å². The number of sulfonamides is 1. The zero-order valence-electron chi connectivity index (χ0n) is 10.6. The third-order valence-electron chi connectivity index (χ3n) is 2.52. The summed E-state index contributed by atoms with van der Waals surface area (Å²) in [6.45, 7) is 1.47. The second-order valence-electron chi connectivity index (χ2n) is 3.96. The average molecular weight is 292 g/mol. The number of primary sulfonamides is 1. The molecule has 1 aromatic carbocycles. The highest BCUT2D eigenvalue weighted by molar-refractivity contribution is 7.89. The maximum atomic E-state index is 11.2. The molecule has 2 rings (SSSR count). The Labute approximate surface area is 116 Å². The quantitative estimate of drug-likeness (QED) is 0.790. The van der Waals surface area contributed by atoms with E-state index in [1.165, 1.54) is 12.1 Å². The molecule has 0 radical (unpaired) electrons. The van der Waals surface area contributed by atoms with E-state index in [0.29, 0.717) is 17.0 Å². The number of aromatic nitrogens is 1. The second-order valence-corrected chi connectivity index (χ2v) is 5.52. The Hall–Kier alpha value is -2.14. The van der Waals surface area contributed by atoms with Gasteiger partial charge in [0.2, 0.25) is 10.0 Å². The van der Waals surface area contributed by atoms with Crippen LogP contribution in [0.5, 0.6) is 0 Å². The van der Waals surface area contributed by atoms with E-state index < -0.39 is 10.0 Å². The lowest BCUT2D eigenvalue weighted by molar-refractivity contribution is 0.350. The van der Waals surface area contributed by atoms with E-state index in [2.05, 4.69) is 16.8 Å². The number of hydrogen-bond donors (Lipinski definition) is 2. The van der Waals surface area contributed by atoms with Crippen molar-refractivity contribution in [3.05, 3.63) is 35.9 Å². The van der Waals surface area contributed by atoms with Gasteiger partial charge in [-0.05, 0) is 37.1 Å². The van der Waals surface area contributed by atoms with Crippen molar-refractivity contribution in [2.45, 2.75) is 11.8 Å². The standard InChI is InChI=1S/C13H12N2O4S/c1-9-13(19-12(15-9)3-2-8-16)10-4-6-11(7-5-10)20(14,17)18/h4-7,16H,8H2,1H3,(H2,14,17,18). The Morgan fingerprint density at radius 1 is 1.35 bits per heavy atom. The predicted molar refractivity (Wildman–Crippen MR) is 72.0 cm³/mol. The van der Waals surface area contributed by atoms with Crippen LogP contribution in [0.25, 0.3) is 11.3 Å². The van der Waals surface area contributed by atoms with Crippen LogP contribution in [0.2, 0.25) is 0 Å². The van der Waals surface area contributed by atoms with Crippen molar-refractivity contribution in [1.82, 2.24) is 4.98 Å². The largest absolute Gasteiger partial charge is 0.430 e. The summed E-state index contributed by atoms with van der Waals surface area (Å²) < 4.78 is 27.8. The van der Waals surface area contributed by atoms with Gasteiger partial charge >= 0.3 is 0 Å². The molecule has 1 aromatic heterocycles. The summed E-state index contributed by atoms with van der Waals surface area (Å²) >= 11 is 0. The number of aliphatic hydroxyl groups is 1. The van der Waals surface area contributed by atoms with Gasteiger partial charge in [-0.25, -0.2) is 18.5 Å². The van der Waals surface area contributed by atoms with E-state index in [-0.39, 0.29) is 17.4 Å². The zero-order chi connectivity index (χ0) is 14.8. The molecule has 0 bridgehead atoms. The SMILES string of the molecule is Cc1nc(C#CCO)oc1-c1ccc(S(N)(=O)=O)cc1. The Morgan fingerprint density at radius 2 is 2.00 bits per heavy atom. The lowest BCUT2D eigenvalue weighted by atomic mass is 10.1. The maximum Gasteiger partial charge on any atom is 0.274 e. The number of nitrogens with zero attached hydrogens (tertiary/aromatic N) is 1. The first-order chi connectivity index (χ1) is 9.41. The molecule has 0 amide bonds. The molecule has 0 spiro atoms. The Kier molecular flexibility index (Phi) is 3.90. The zero-order valence-corrected chi connectivity index (χ0v) is 11.4. The topological polar surface area (TPSA) is 106 Å². The third-order valence-corrected chi connectivity index (χ3v) is 3.45. The van der Waals surface area contributed by atoms with Gasteiger partial charge in [0.05, 0.1) is 10.6 Å². The van der Waals surface area contributed by atoms with Crippen molar-refractivity contribution in [2.75, 3.05) is 6.61 Å². The maximum absolute atomic E-state index is 11.2. The number of oxazole rings is 1. The molecule has 0 saturated heterocycles. The van der Waals surface area contributed by atoms with Crippen LogP contribution in [0, 0.1) is 18.8 Å². The summed E-state index contributed by atoms with van der Waals surface area (Å²) in [5.41, 5.74) is 1.29. The minimum absolute atomic E-state index is 0.0266. The van der Waals surface area contributed by atoms with Crippen molar-refractivity contribution >= 4 is 10.0 Å². The molecule has 7 heteroatoms. The molecule has 6 nitrogen and oxygen atoms in total. The molecule has 0 aliphatic rings. The summed E-state index contributed by atoms with van der Waals surface area (Å²) in [4.78, 5) is 4.13. The fraction of sp³-hybridized carbons (Fsp3) is 0.154. The lowest BCUT2D eigenvalue weighted by Gasteiger charge is -2.00. The van der Waals surface area contributed by atoms with Crippen LogP contribution >= 0.6 is 0 Å². The van der Waals surface area contributed by atoms with Crippen molar-refractivity contribution in [3.8, 4) is 23.2 Å². The van der Waals surface area contributed by atoms with Gasteiger partial charge in [0.15, 0.2) is 5.76 Å². The molecule has 0 aliphatic carbocycles.